The monoisotopic (exact) mass is 1020 g/mol. The molecule has 0 bridgehead atoms. The van der Waals surface area contributed by atoms with Crippen LogP contribution in [0.3, 0.4) is 0 Å². The van der Waals surface area contributed by atoms with Gasteiger partial charge in [-0.2, -0.15) is 0 Å². The van der Waals surface area contributed by atoms with Crippen LogP contribution in [0.2, 0.25) is 0 Å². The highest BCUT2D eigenvalue weighted by atomic mass is 16.6. The van der Waals surface area contributed by atoms with Crippen LogP contribution < -0.4 is 0 Å². The molecular weight excluding hydrogens is 889 g/mol. The average molecular weight is 1020 g/mol. The van der Waals surface area contributed by atoms with E-state index in [0.717, 1.165) is 63.7 Å². The third kappa shape index (κ3) is 59.3. The Hall–Kier alpha value is -1.59. The summed E-state index contributed by atoms with van der Waals surface area (Å²) in [7, 11) is 0. The molecule has 0 aromatic rings. The van der Waals surface area contributed by atoms with E-state index >= 15 is 0 Å². The van der Waals surface area contributed by atoms with Crippen molar-refractivity contribution in [3.63, 3.8) is 0 Å². The minimum absolute atomic E-state index is 0.0609. The molecule has 0 aromatic carbocycles. The van der Waals surface area contributed by atoms with Gasteiger partial charge in [0, 0.05) is 19.3 Å². The van der Waals surface area contributed by atoms with Gasteiger partial charge in [-0.15, -0.1) is 0 Å². The van der Waals surface area contributed by atoms with Crippen molar-refractivity contribution in [3.05, 3.63) is 0 Å². The Labute approximate surface area is 450 Å². The van der Waals surface area contributed by atoms with Gasteiger partial charge in [0.1, 0.15) is 13.2 Å². The van der Waals surface area contributed by atoms with Crippen LogP contribution in [0.5, 0.6) is 0 Å². The molecule has 0 fully saturated rings. The quantitative estimate of drug-likeness (QED) is 0.0343. The molecule has 6 heteroatoms. The summed E-state index contributed by atoms with van der Waals surface area (Å²) in [5.41, 5.74) is 0. The van der Waals surface area contributed by atoms with Gasteiger partial charge in [-0.3, -0.25) is 14.4 Å². The fourth-order valence-electron chi connectivity index (χ4n) is 10.3. The van der Waals surface area contributed by atoms with E-state index in [1.54, 1.807) is 0 Å². The van der Waals surface area contributed by atoms with E-state index in [2.05, 4.69) is 27.7 Å². The molecule has 0 rings (SSSR count). The van der Waals surface area contributed by atoms with E-state index in [9.17, 15) is 14.4 Å². The zero-order valence-corrected chi connectivity index (χ0v) is 49.4. The van der Waals surface area contributed by atoms with Gasteiger partial charge in [-0.1, -0.05) is 342 Å². The zero-order valence-electron chi connectivity index (χ0n) is 49.4. The lowest BCUT2D eigenvalue weighted by Gasteiger charge is -2.18. The van der Waals surface area contributed by atoms with Crippen LogP contribution in [0.25, 0.3) is 0 Å². The molecule has 428 valence electrons. The lowest BCUT2D eigenvalue weighted by atomic mass is 10.0. The van der Waals surface area contributed by atoms with E-state index in [1.807, 2.05) is 0 Å². The largest absolute Gasteiger partial charge is 0.462 e. The predicted octanol–water partition coefficient (Wildman–Crippen LogP) is 22.1. The Morgan fingerprint density at radius 1 is 0.264 bits per heavy atom. The summed E-state index contributed by atoms with van der Waals surface area (Å²) in [4.78, 5) is 38.3. The Kier molecular flexibility index (Phi) is 58.9. The third-order valence-corrected chi connectivity index (χ3v) is 15.3. The van der Waals surface area contributed by atoms with Crippen molar-refractivity contribution in [2.45, 2.75) is 387 Å². The molecule has 0 aliphatic rings. The molecule has 0 saturated carbocycles. The predicted molar refractivity (Wildman–Crippen MR) is 312 cm³/mol. The highest BCUT2D eigenvalue weighted by Crippen LogP contribution is 2.19. The van der Waals surface area contributed by atoms with E-state index in [4.69, 9.17) is 14.2 Å². The van der Waals surface area contributed by atoms with Gasteiger partial charge in [0.15, 0.2) is 6.10 Å². The molecule has 0 saturated heterocycles. The molecule has 0 radical (unpaired) electrons. The van der Waals surface area contributed by atoms with Crippen molar-refractivity contribution in [1.82, 2.24) is 0 Å². The van der Waals surface area contributed by atoms with E-state index in [-0.39, 0.29) is 31.1 Å². The number of carbonyl (C=O) groups is 3. The fourth-order valence-corrected chi connectivity index (χ4v) is 10.3. The van der Waals surface area contributed by atoms with Crippen LogP contribution in [-0.4, -0.2) is 37.2 Å². The first-order valence-electron chi connectivity index (χ1n) is 32.9. The van der Waals surface area contributed by atoms with Gasteiger partial charge in [-0.05, 0) is 25.2 Å². The molecule has 0 heterocycles. The van der Waals surface area contributed by atoms with Crippen LogP contribution in [0, 0.1) is 5.92 Å². The number of rotatable bonds is 61. The number of carbonyl (C=O) groups excluding carboxylic acids is 3. The van der Waals surface area contributed by atoms with Crippen molar-refractivity contribution >= 4 is 17.9 Å². The molecule has 0 N–H and O–H groups in total. The first kappa shape index (κ1) is 70.4. The molecule has 0 aliphatic carbocycles. The summed E-state index contributed by atoms with van der Waals surface area (Å²) in [6.07, 6.45) is 68.2. The van der Waals surface area contributed by atoms with Crippen molar-refractivity contribution in [2.24, 2.45) is 5.92 Å². The second-order valence-corrected chi connectivity index (χ2v) is 23.2. The number of esters is 3. The maximum atomic E-state index is 12.9. The number of unbranched alkanes of at least 4 members (excludes halogenated alkanes) is 48. The summed E-state index contributed by atoms with van der Waals surface area (Å²) >= 11 is 0. The van der Waals surface area contributed by atoms with Crippen LogP contribution in [-0.2, 0) is 28.6 Å². The summed E-state index contributed by atoms with van der Waals surface area (Å²) < 4.78 is 17.0. The normalized spacial score (nSPS) is 12.0. The SMILES string of the molecule is CCCCCCCCCCCCCCCCCCCCC(=O)OC[C@H](COC(=O)CCCCCCCCCCCCCCCCC)OC(=O)CCCCCCCCCCCCCCCCCCCCC(C)C. The number of hydrogen-bond donors (Lipinski definition) is 0. The van der Waals surface area contributed by atoms with Crippen molar-refractivity contribution < 1.29 is 28.6 Å². The summed E-state index contributed by atoms with van der Waals surface area (Å²) in [5, 5.41) is 0. The molecule has 0 amide bonds. The van der Waals surface area contributed by atoms with Gasteiger partial charge >= 0.3 is 17.9 Å². The number of hydrogen-bond acceptors (Lipinski definition) is 6. The fraction of sp³-hybridized carbons (Fsp3) is 0.955. The Bertz CT molecular complexity index is 1090. The summed E-state index contributed by atoms with van der Waals surface area (Å²) in [6, 6.07) is 0. The minimum atomic E-state index is -0.763. The topological polar surface area (TPSA) is 78.9 Å². The standard InChI is InChI=1S/C66H128O6/c1-5-7-9-11-13-15-17-19-21-22-26-30-34-38-42-46-50-54-58-65(68)71-61-63(60-70-64(67)57-53-49-45-41-37-33-28-20-18-16-14-12-10-8-6-2)72-66(69)59-55-51-47-43-39-35-31-27-24-23-25-29-32-36-40-44-48-52-56-62(3)4/h62-63H,5-61H2,1-4H3/t63-/m0/s1. The van der Waals surface area contributed by atoms with E-state index < -0.39 is 6.10 Å². The third-order valence-electron chi connectivity index (χ3n) is 15.3. The Balaban J connectivity index is 4.27. The second-order valence-electron chi connectivity index (χ2n) is 23.2. The molecule has 0 spiro atoms. The summed E-state index contributed by atoms with van der Waals surface area (Å²) in [6.45, 7) is 9.11. The lowest BCUT2D eigenvalue weighted by Crippen LogP contribution is -2.30. The number of ether oxygens (including phenoxy) is 3. The molecule has 1 atom stereocenters. The Morgan fingerprint density at radius 3 is 0.681 bits per heavy atom. The Morgan fingerprint density at radius 2 is 0.458 bits per heavy atom. The molecule has 0 aromatic heterocycles. The molecule has 0 unspecified atom stereocenters. The second kappa shape index (κ2) is 60.3. The van der Waals surface area contributed by atoms with Crippen LogP contribution >= 0.6 is 0 Å². The van der Waals surface area contributed by atoms with E-state index in [1.165, 1.54) is 276 Å². The summed E-state index contributed by atoms with van der Waals surface area (Å²) in [5.74, 6) is 0.0334. The first-order valence-corrected chi connectivity index (χ1v) is 32.9. The smallest absolute Gasteiger partial charge is 0.306 e. The van der Waals surface area contributed by atoms with Crippen molar-refractivity contribution in [1.29, 1.82) is 0 Å². The van der Waals surface area contributed by atoms with Crippen LogP contribution in [0.1, 0.15) is 381 Å². The molecule has 6 nitrogen and oxygen atoms in total. The van der Waals surface area contributed by atoms with Gasteiger partial charge in [-0.25, -0.2) is 0 Å². The lowest BCUT2D eigenvalue weighted by molar-refractivity contribution is -0.167. The van der Waals surface area contributed by atoms with Gasteiger partial charge in [0.25, 0.3) is 0 Å². The highest BCUT2D eigenvalue weighted by molar-refractivity contribution is 5.71. The zero-order chi connectivity index (χ0) is 52.3. The van der Waals surface area contributed by atoms with Crippen molar-refractivity contribution in [2.75, 3.05) is 13.2 Å². The molecule has 0 aliphatic heterocycles. The van der Waals surface area contributed by atoms with Crippen LogP contribution in [0.4, 0.5) is 0 Å². The first-order chi connectivity index (χ1) is 35.4. The van der Waals surface area contributed by atoms with Gasteiger partial charge in [0.05, 0.1) is 0 Å². The molecule has 72 heavy (non-hydrogen) atoms. The van der Waals surface area contributed by atoms with Crippen LogP contribution in [0.15, 0.2) is 0 Å². The maximum absolute atomic E-state index is 12.9. The van der Waals surface area contributed by atoms with Gasteiger partial charge < -0.3 is 14.2 Å². The average Bonchev–Trinajstić information content (AvgIpc) is 3.37. The van der Waals surface area contributed by atoms with E-state index in [0.29, 0.717) is 19.3 Å². The van der Waals surface area contributed by atoms with Crippen molar-refractivity contribution in [3.8, 4) is 0 Å². The molecular formula is C66H128O6. The maximum Gasteiger partial charge on any atom is 0.306 e. The minimum Gasteiger partial charge on any atom is -0.462 e. The highest BCUT2D eigenvalue weighted by Gasteiger charge is 2.19. The van der Waals surface area contributed by atoms with Gasteiger partial charge in [0.2, 0.25) is 0 Å².